The Labute approximate surface area is 102 Å². The molecule has 1 aliphatic rings. The lowest BCUT2D eigenvalue weighted by Gasteiger charge is -2.26. The summed E-state index contributed by atoms with van der Waals surface area (Å²) in [5.74, 6) is 1.99. The van der Waals surface area contributed by atoms with Gasteiger partial charge in [-0.2, -0.15) is 0 Å². The second-order valence-electron chi connectivity index (χ2n) is 5.50. The van der Waals surface area contributed by atoms with Gasteiger partial charge in [0.15, 0.2) is 0 Å². The summed E-state index contributed by atoms with van der Waals surface area (Å²) in [4.78, 5) is 0. The molecule has 0 aromatic heterocycles. The molecule has 3 atom stereocenters. The van der Waals surface area contributed by atoms with Crippen LogP contribution in [-0.2, 0) is 0 Å². The Bertz CT molecular complexity index is 167. The summed E-state index contributed by atoms with van der Waals surface area (Å²) < 4.78 is 0. The minimum absolute atomic E-state index is 0.783. The van der Waals surface area contributed by atoms with E-state index >= 15 is 0 Å². The molecule has 1 aliphatic carbocycles. The summed E-state index contributed by atoms with van der Waals surface area (Å²) in [7, 11) is 0. The lowest BCUT2D eigenvalue weighted by atomic mass is 9.89. The number of nitrogens with one attached hydrogen (secondary N) is 1. The van der Waals surface area contributed by atoms with Crippen molar-refractivity contribution in [2.75, 3.05) is 6.54 Å². The zero-order chi connectivity index (χ0) is 11.8. The van der Waals surface area contributed by atoms with E-state index < -0.39 is 0 Å². The average molecular weight is 225 g/mol. The highest BCUT2D eigenvalue weighted by atomic mass is 14.9. The van der Waals surface area contributed by atoms with Gasteiger partial charge < -0.3 is 5.32 Å². The van der Waals surface area contributed by atoms with E-state index in [1.54, 1.807) is 0 Å². The second-order valence-corrected chi connectivity index (χ2v) is 5.50. The molecule has 0 amide bonds. The van der Waals surface area contributed by atoms with Gasteiger partial charge in [0.2, 0.25) is 0 Å². The summed E-state index contributed by atoms with van der Waals surface area (Å²) >= 11 is 0. The van der Waals surface area contributed by atoms with Gasteiger partial charge >= 0.3 is 0 Å². The van der Waals surface area contributed by atoms with Crippen molar-refractivity contribution in [3.8, 4) is 0 Å². The van der Waals surface area contributed by atoms with Gasteiger partial charge in [0, 0.05) is 6.04 Å². The molecule has 0 heterocycles. The molecule has 1 N–H and O–H groups in total. The highest BCUT2D eigenvalue weighted by Gasteiger charge is 2.23. The molecule has 0 bridgehead atoms. The first-order valence-corrected chi connectivity index (χ1v) is 7.55. The molecule has 1 saturated carbocycles. The van der Waals surface area contributed by atoms with Gasteiger partial charge in [-0.3, -0.25) is 0 Å². The normalized spacial score (nSPS) is 28.7. The van der Waals surface area contributed by atoms with Crippen LogP contribution in [0.2, 0.25) is 0 Å². The van der Waals surface area contributed by atoms with E-state index in [9.17, 15) is 0 Å². The maximum Gasteiger partial charge on any atom is 0.00925 e. The Morgan fingerprint density at radius 3 is 2.50 bits per heavy atom. The molecule has 1 nitrogen and oxygen atoms in total. The molecule has 0 saturated heterocycles. The Morgan fingerprint density at radius 1 is 1.06 bits per heavy atom. The fraction of sp³-hybridized carbons (Fsp3) is 1.00. The molecule has 16 heavy (non-hydrogen) atoms. The molecule has 1 rings (SSSR count). The van der Waals surface area contributed by atoms with Gasteiger partial charge in [-0.25, -0.2) is 0 Å². The van der Waals surface area contributed by atoms with Crippen LogP contribution in [0, 0.1) is 11.8 Å². The Morgan fingerprint density at radius 2 is 1.88 bits per heavy atom. The second kappa shape index (κ2) is 8.11. The third-order valence-corrected chi connectivity index (χ3v) is 4.31. The zero-order valence-corrected chi connectivity index (χ0v) is 11.6. The van der Waals surface area contributed by atoms with Crippen molar-refractivity contribution in [2.45, 2.75) is 78.2 Å². The Hall–Kier alpha value is -0.0400. The Kier molecular flexibility index (Phi) is 7.11. The van der Waals surface area contributed by atoms with Crippen LogP contribution in [0.3, 0.4) is 0 Å². The van der Waals surface area contributed by atoms with Crippen molar-refractivity contribution in [1.29, 1.82) is 0 Å². The number of hydrogen-bond donors (Lipinski definition) is 1. The molecule has 1 heteroatoms. The van der Waals surface area contributed by atoms with Gasteiger partial charge in [-0.1, -0.05) is 52.9 Å². The first-order chi connectivity index (χ1) is 7.81. The minimum Gasteiger partial charge on any atom is -0.314 e. The predicted octanol–water partition coefficient (Wildman–Crippen LogP) is 4.37. The van der Waals surface area contributed by atoms with Crippen LogP contribution in [0.15, 0.2) is 0 Å². The van der Waals surface area contributed by atoms with Crippen LogP contribution < -0.4 is 5.32 Å². The van der Waals surface area contributed by atoms with Crippen LogP contribution in [-0.4, -0.2) is 12.6 Å². The zero-order valence-electron chi connectivity index (χ0n) is 11.6. The van der Waals surface area contributed by atoms with Gasteiger partial charge in [-0.15, -0.1) is 0 Å². The lowest BCUT2D eigenvalue weighted by molar-refractivity contribution is 0.310. The molecule has 0 aromatic carbocycles. The quantitative estimate of drug-likeness (QED) is 0.662. The van der Waals surface area contributed by atoms with Crippen LogP contribution in [0.5, 0.6) is 0 Å². The molecule has 0 aliphatic heterocycles. The molecule has 0 radical (unpaired) electrons. The summed E-state index contributed by atoms with van der Waals surface area (Å²) in [6.07, 6.45) is 11.5. The van der Waals surface area contributed by atoms with E-state index in [2.05, 4.69) is 26.1 Å². The lowest BCUT2D eigenvalue weighted by Crippen LogP contribution is -2.35. The standard InChI is InChI=1S/C15H31N/c1-4-8-13-9-7-10-14(12-11-13)15(5-2)16-6-3/h13-16H,4-12H2,1-3H3. The van der Waals surface area contributed by atoms with E-state index in [0.717, 1.165) is 24.4 Å². The summed E-state index contributed by atoms with van der Waals surface area (Å²) in [6, 6.07) is 0.783. The molecule has 0 spiro atoms. The average Bonchev–Trinajstić information content (AvgIpc) is 2.52. The van der Waals surface area contributed by atoms with Gasteiger partial charge in [0.25, 0.3) is 0 Å². The first kappa shape index (κ1) is 14.0. The monoisotopic (exact) mass is 225 g/mol. The van der Waals surface area contributed by atoms with Crippen molar-refractivity contribution in [2.24, 2.45) is 11.8 Å². The first-order valence-electron chi connectivity index (χ1n) is 7.55. The highest BCUT2D eigenvalue weighted by Crippen LogP contribution is 2.32. The van der Waals surface area contributed by atoms with Crippen molar-refractivity contribution >= 4 is 0 Å². The van der Waals surface area contributed by atoms with Gasteiger partial charge in [0.05, 0.1) is 0 Å². The molecular weight excluding hydrogens is 194 g/mol. The predicted molar refractivity (Wildman–Crippen MR) is 72.7 cm³/mol. The van der Waals surface area contributed by atoms with Crippen LogP contribution in [0.1, 0.15) is 72.1 Å². The third kappa shape index (κ3) is 4.45. The van der Waals surface area contributed by atoms with Crippen LogP contribution in [0.4, 0.5) is 0 Å². The van der Waals surface area contributed by atoms with Crippen LogP contribution in [0.25, 0.3) is 0 Å². The van der Waals surface area contributed by atoms with E-state index in [0.29, 0.717) is 0 Å². The molecule has 3 unspecified atom stereocenters. The Balaban J connectivity index is 2.38. The largest absolute Gasteiger partial charge is 0.314 e. The van der Waals surface area contributed by atoms with Crippen molar-refractivity contribution in [1.82, 2.24) is 5.32 Å². The van der Waals surface area contributed by atoms with E-state index in [-0.39, 0.29) is 0 Å². The fourth-order valence-corrected chi connectivity index (χ4v) is 3.41. The van der Waals surface area contributed by atoms with Crippen molar-refractivity contribution < 1.29 is 0 Å². The van der Waals surface area contributed by atoms with Gasteiger partial charge in [-0.05, 0) is 37.6 Å². The van der Waals surface area contributed by atoms with E-state index in [1.807, 2.05) is 0 Å². The van der Waals surface area contributed by atoms with Crippen molar-refractivity contribution in [3.63, 3.8) is 0 Å². The SMILES string of the molecule is CCCC1CCCC(C(CC)NCC)CC1. The maximum atomic E-state index is 3.68. The third-order valence-electron chi connectivity index (χ3n) is 4.31. The smallest absolute Gasteiger partial charge is 0.00925 e. The van der Waals surface area contributed by atoms with Gasteiger partial charge in [0.1, 0.15) is 0 Å². The highest BCUT2D eigenvalue weighted by molar-refractivity contribution is 4.79. The summed E-state index contributed by atoms with van der Waals surface area (Å²) in [5, 5.41) is 3.68. The summed E-state index contributed by atoms with van der Waals surface area (Å²) in [6.45, 7) is 8.03. The van der Waals surface area contributed by atoms with E-state index in [4.69, 9.17) is 0 Å². The van der Waals surface area contributed by atoms with Crippen LogP contribution >= 0.6 is 0 Å². The fourth-order valence-electron chi connectivity index (χ4n) is 3.41. The van der Waals surface area contributed by atoms with Crippen molar-refractivity contribution in [3.05, 3.63) is 0 Å². The molecular formula is C15H31N. The number of rotatable bonds is 6. The number of hydrogen-bond acceptors (Lipinski definition) is 1. The van der Waals surface area contributed by atoms with E-state index in [1.165, 1.54) is 51.4 Å². The molecule has 0 aromatic rings. The maximum absolute atomic E-state index is 3.68. The molecule has 1 fully saturated rings. The summed E-state index contributed by atoms with van der Waals surface area (Å²) in [5.41, 5.74) is 0. The minimum atomic E-state index is 0.783. The topological polar surface area (TPSA) is 12.0 Å². The molecule has 96 valence electrons.